The van der Waals surface area contributed by atoms with Crippen LogP contribution in [0.4, 0.5) is 11.4 Å². The van der Waals surface area contributed by atoms with Crippen LogP contribution in [-0.4, -0.2) is 32.0 Å². The molecule has 0 atom stereocenters. The molecule has 0 saturated heterocycles. The minimum atomic E-state index is -0.183. The van der Waals surface area contributed by atoms with Crippen molar-refractivity contribution in [3.63, 3.8) is 0 Å². The fourth-order valence-electron chi connectivity index (χ4n) is 2.11. The molecule has 0 aromatic heterocycles. The molecule has 0 radical (unpaired) electrons. The number of para-hydroxylation sites is 2. The van der Waals surface area contributed by atoms with E-state index in [9.17, 15) is 9.59 Å². The normalized spacial score (nSPS) is 9.92. The van der Waals surface area contributed by atoms with E-state index in [-0.39, 0.29) is 18.4 Å². The molecule has 6 nitrogen and oxygen atoms in total. The third-order valence-corrected chi connectivity index (χ3v) is 3.29. The summed E-state index contributed by atoms with van der Waals surface area (Å²) in [6, 6.07) is 14.2. The van der Waals surface area contributed by atoms with Crippen LogP contribution in [0.2, 0.25) is 0 Å². The van der Waals surface area contributed by atoms with E-state index in [0.717, 1.165) is 5.69 Å². The highest BCUT2D eigenvalue weighted by Crippen LogP contribution is 2.23. The van der Waals surface area contributed by atoms with Crippen LogP contribution in [0, 0.1) is 0 Å². The number of benzene rings is 2. The van der Waals surface area contributed by atoms with Crippen molar-refractivity contribution in [1.82, 2.24) is 5.32 Å². The summed E-state index contributed by atoms with van der Waals surface area (Å²) in [6.07, 6.45) is 0. The van der Waals surface area contributed by atoms with Gasteiger partial charge in [0.25, 0.3) is 5.91 Å². The van der Waals surface area contributed by atoms with E-state index in [1.165, 1.54) is 0 Å². The van der Waals surface area contributed by atoms with Gasteiger partial charge in [0.05, 0.1) is 18.8 Å². The van der Waals surface area contributed by atoms with Crippen molar-refractivity contribution in [2.24, 2.45) is 0 Å². The maximum Gasteiger partial charge on any atom is 0.251 e. The van der Waals surface area contributed by atoms with Crippen molar-refractivity contribution < 1.29 is 14.3 Å². The minimum Gasteiger partial charge on any atom is -0.492 e. The van der Waals surface area contributed by atoms with Crippen LogP contribution in [0.15, 0.2) is 48.5 Å². The molecule has 2 amide bonds. The second-order valence-electron chi connectivity index (χ2n) is 4.99. The van der Waals surface area contributed by atoms with E-state index >= 15 is 0 Å². The predicted molar refractivity (Wildman–Crippen MR) is 94.6 cm³/mol. The molecule has 0 fully saturated rings. The number of ether oxygens (including phenoxy) is 1. The van der Waals surface area contributed by atoms with Gasteiger partial charge in [0, 0.05) is 18.3 Å². The molecule has 0 heterocycles. The van der Waals surface area contributed by atoms with Gasteiger partial charge < -0.3 is 20.7 Å². The molecule has 0 aliphatic carbocycles. The lowest BCUT2D eigenvalue weighted by Crippen LogP contribution is -2.22. The molecule has 0 aliphatic rings. The fourth-order valence-corrected chi connectivity index (χ4v) is 2.11. The molecule has 2 aromatic rings. The topological polar surface area (TPSA) is 79.5 Å². The highest BCUT2D eigenvalue weighted by atomic mass is 16.5. The fraction of sp³-hybridized carbons (Fsp3) is 0.222. The monoisotopic (exact) mass is 327 g/mol. The highest BCUT2D eigenvalue weighted by Gasteiger charge is 2.07. The molecule has 3 N–H and O–H groups in total. The first-order valence-electron chi connectivity index (χ1n) is 7.71. The molecule has 0 saturated carbocycles. The number of amides is 2. The summed E-state index contributed by atoms with van der Waals surface area (Å²) in [7, 11) is 1.58. The standard InChI is InChI=1S/C18H21N3O3/c1-3-24-16-7-5-4-6-15(16)21-17(22)12-20-14-10-8-13(9-11-14)18(23)19-2/h4-11,20H,3,12H2,1-2H3,(H,19,23)(H,21,22). The van der Waals surface area contributed by atoms with Crippen LogP contribution in [0.5, 0.6) is 5.75 Å². The zero-order chi connectivity index (χ0) is 17.4. The predicted octanol–water partition coefficient (Wildman–Crippen LogP) is 2.50. The number of hydrogen-bond acceptors (Lipinski definition) is 4. The van der Waals surface area contributed by atoms with E-state index in [1.54, 1.807) is 37.4 Å². The van der Waals surface area contributed by atoms with Gasteiger partial charge >= 0.3 is 0 Å². The SMILES string of the molecule is CCOc1ccccc1NC(=O)CNc1ccc(C(=O)NC)cc1. The Labute approximate surface area is 141 Å². The smallest absolute Gasteiger partial charge is 0.251 e. The van der Waals surface area contributed by atoms with Crippen molar-refractivity contribution in [1.29, 1.82) is 0 Å². The average Bonchev–Trinajstić information content (AvgIpc) is 2.61. The van der Waals surface area contributed by atoms with Crippen LogP contribution >= 0.6 is 0 Å². The van der Waals surface area contributed by atoms with Crippen LogP contribution in [0.3, 0.4) is 0 Å². The number of nitrogens with one attached hydrogen (secondary N) is 3. The second kappa shape index (κ2) is 8.57. The van der Waals surface area contributed by atoms with Gasteiger partial charge in [0.2, 0.25) is 5.91 Å². The maximum atomic E-state index is 12.1. The number of carbonyl (C=O) groups excluding carboxylic acids is 2. The van der Waals surface area contributed by atoms with E-state index < -0.39 is 0 Å². The molecule has 6 heteroatoms. The molecule has 0 bridgehead atoms. The molecular weight excluding hydrogens is 306 g/mol. The summed E-state index contributed by atoms with van der Waals surface area (Å²) in [5, 5.41) is 8.39. The van der Waals surface area contributed by atoms with Crippen LogP contribution in [-0.2, 0) is 4.79 Å². The first kappa shape index (κ1) is 17.3. The molecule has 0 aliphatic heterocycles. The number of rotatable bonds is 7. The first-order valence-corrected chi connectivity index (χ1v) is 7.71. The molecular formula is C18H21N3O3. The third-order valence-electron chi connectivity index (χ3n) is 3.29. The van der Waals surface area contributed by atoms with Gasteiger partial charge in [-0.2, -0.15) is 0 Å². The van der Waals surface area contributed by atoms with Gasteiger partial charge in [0.1, 0.15) is 5.75 Å². The second-order valence-corrected chi connectivity index (χ2v) is 4.99. The summed E-state index contributed by atoms with van der Waals surface area (Å²) in [5.41, 5.74) is 1.97. The lowest BCUT2D eigenvalue weighted by Gasteiger charge is -2.12. The van der Waals surface area contributed by atoms with Gasteiger partial charge in [0.15, 0.2) is 0 Å². The Kier molecular flexibility index (Phi) is 6.19. The zero-order valence-electron chi connectivity index (χ0n) is 13.8. The molecule has 126 valence electrons. The van der Waals surface area contributed by atoms with Crippen molar-refractivity contribution in [3.8, 4) is 5.75 Å². The lowest BCUT2D eigenvalue weighted by atomic mass is 10.2. The Morgan fingerprint density at radius 2 is 1.75 bits per heavy atom. The van der Waals surface area contributed by atoms with Gasteiger partial charge in [-0.15, -0.1) is 0 Å². The quantitative estimate of drug-likeness (QED) is 0.730. The lowest BCUT2D eigenvalue weighted by molar-refractivity contribution is -0.114. The molecule has 24 heavy (non-hydrogen) atoms. The Morgan fingerprint density at radius 1 is 1.04 bits per heavy atom. The average molecular weight is 327 g/mol. The Bertz CT molecular complexity index is 699. The maximum absolute atomic E-state index is 12.1. The van der Waals surface area contributed by atoms with Crippen molar-refractivity contribution in [3.05, 3.63) is 54.1 Å². The summed E-state index contributed by atoms with van der Waals surface area (Å²) >= 11 is 0. The molecule has 0 unspecified atom stereocenters. The van der Waals surface area contributed by atoms with Gasteiger partial charge in [-0.3, -0.25) is 9.59 Å². The largest absolute Gasteiger partial charge is 0.492 e. The van der Waals surface area contributed by atoms with Crippen molar-refractivity contribution in [2.75, 3.05) is 30.8 Å². The van der Waals surface area contributed by atoms with Gasteiger partial charge in [-0.1, -0.05) is 12.1 Å². The molecule has 2 rings (SSSR count). The van der Waals surface area contributed by atoms with Gasteiger partial charge in [-0.25, -0.2) is 0 Å². The Hall–Kier alpha value is -3.02. The van der Waals surface area contributed by atoms with E-state index in [1.807, 2.05) is 25.1 Å². The van der Waals surface area contributed by atoms with Gasteiger partial charge in [-0.05, 0) is 43.3 Å². The Balaban J connectivity index is 1.90. The van der Waals surface area contributed by atoms with E-state index in [0.29, 0.717) is 23.6 Å². The van der Waals surface area contributed by atoms with Crippen LogP contribution in [0.25, 0.3) is 0 Å². The molecule has 0 spiro atoms. The summed E-state index contributed by atoms with van der Waals surface area (Å²) in [6.45, 7) is 2.53. The third kappa shape index (κ3) is 4.74. The first-order chi connectivity index (χ1) is 11.6. The van der Waals surface area contributed by atoms with Crippen molar-refractivity contribution >= 4 is 23.2 Å². The molecule has 2 aromatic carbocycles. The highest BCUT2D eigenvalue weighted by molar-refractivity contribution is 5.96. The van der Waals surface area contributed by atoms with Crippen molar-refractivity contribution in [2.45, 2.75) is 6.92 Å². The minimum absolute atomic E-state index is 0.111. The summed E-state index contributed by atoms with van der Waals surface area (Å²) in [5.74, 6) is 0.313. The summed E-state index contributed by atoms with van der Waals surface area (Å²) in [4.78, 5) is 23.5. The van der Waals surface area contributed by atoms with E-state index in [4.69, 9.17) is 4.74 Å². The number of anilines is 2. The number of hydrogen-bond donors (Lipinski definition) is 3. The zero-order valence-corrected chi connectivity index (χ0v) is 13.8. The Morgan fingerprint density at radius 3 is 2.42 bits per heavy atom. The summed E-state index contributed by atoms with van der Waals surface area (Å²) < 4.78 is 5.47. The number of carbonyl (C=O) groups is 2. The van der Waals surface area contributed by atoms with E-state index in [2.05, 4.69) is 16.0 Å². The van der Waals surface area contributed by atoms with Crippen LogP contribution in [0.1, 0.15) is 17.3 Å². The van der Waals surface area contributed by atoms with Crippen LogP contribution < -0.4 is 20.7 Å².